The van der Waals surface area contributed by atoms with Crippen molar-refractivity contribution in [2.45, 2.75) is 12.7 Å². The number of terminal acetylenes is 1. The van der Waals surface area contributed by atoms with E-state index in [1.807, 2.05) is 0 Å². The lowest BCUT2D eigenvalue weighted by molar-refractivity contribution is -0.137. The normalized spacial score (nSPS) is 12.1. The number of nitrogens with zero attached hydrogens (tertiary/aromatic N) is 2. The molecule has 0 aliphatic heterocycles. The summed E-state index contributed by atoms with van der Waals surface area (Å²) in [6.45, 7) is 0.114. The molecule has 0 N–H and O–H groups in total. The Morgan fingerprint density at radius 1 is 1.14 bits per heavy atom. The molecule has 1 amide bonds. The van der Waals surface area contributed by atoms with E-state index in [-0.39, 0.29) is 16.9 Å². The number of hydrogen-bond acceptors (Lipinski definition) is 4. The first-order chi connectivity index (χ1) is 13.8. The van der Waals surface area contributed by atoms with E-state index in [1.165, 1.54) is 25.6 Å². The van der Waals surface area contributed by atoms with Gasteiger partial charge in [0.25, 0.3) is 5.91 Å². The highest BCUT2D eigenvalue weighted by Crippen LogP contribution is 2.35. The first-order valence-electron chi connectivity index (χ1n) is 8.24. The standard InChI is InChI=1S/C20H15F3N2O3S/c1-4-11-25-16-14(27-2)9-10-15(28-3)17(16)29-19(25)24-18(26)12-5-7-13(8-6-12)20(21,22)23/h1,5-10H,11H2,2-3H3. The van der Waals surface area contributed by atoms with Crippen LogP contribution in [0.5, 0.6) is 11.5 Å². The number of fused-ring (bicyclic) bond motifs is 1. The van der Waals surface area contributed by atoms with Gasteiger partial charge in [0.2, 0.25) is 0 Å². The zero-order valence-corrected chi connectivity index (χ0v) is 16.2. The quantitative estimate of drug-likeness (QED) is 0.597. The Labute approximate surface area is 168 Å². The number of ether oxygens (including phenoxy) is 2. The van der Waals surface area contributed by atoms with Crippen LogP contribution in [0.1, 0.15) is 15.9 Å². The maximum absolute atomic E-state index is 12.7. The molecule has 0 aliphatic carbocycles. The number of amides is 1. The molecule has 0 spiro atoms. The van der Waals surface area contributed by atoms with Gasteiger partial charge in [0.1, 0.15) is 21.7 Å². The van der Waals surface area contributed by atoms with Crippen LogP contribution in [0.25, 0.3) is 10.2 Å². The first kappa shape index (κ1) is 20.5. The van der Waals surface area contributed by atoms with Gasteiger partial charge in [-0.05, 0) is 36.4 Å². The predicted molar refractivity (Wildman–Crippen MR) is 103 cm³/mol. The average Bonchev–Trinajstić information content (AvgIpc) is 3.05. The minimum Gasteiger partial charge on any atom is -0.495 e. The molecule has 5 nitrogen and oxygen atoms in total. The van der Waals surface area contributed by atoms with E-state index in [4.69, 9.17) is 15.9 Å². The number of hydrogen-bond donors (Lipinski definition) is 0. The fourth-order valence-corrected chi connectivity index (χ4v) is 3.87. The summed E-state index contributed by atoms with van der Waals surface area (Å²) < 4.78 is 51.2. The Balaban J connectivity index is 2.15. The fraction of sp³-hybridized carbons (Fsp3) is 0.200. The third-order valence-corrected chi connectivity index (χ3v) is 5.19. The molecule has 0 unspecified atom stereocenters. The van der Waals surface area contributed by atoms with Crippen molar-refractivity contribution >= 4 is 27.5 Å². The number of alkyl halides is 3. The van der Waals surface area contributed by atoms with Gasteiger partial charge in [-0.3, -0.25) is 4.79 Å². The Hall–Kier alpha value is -3.25. The topological polar surface area (TPSA) is 52.8 Å². The lowest BCUT2D eigenvalue weighted by atomic mass is 10.1. The maximum atomic E-state index is 12.7. The largest absolute Gasteiger partial charge is 0.495 e. The van der Waals surface area contributed by atoms with Gasteiger partial charge in [-0.2, -0.15) is 18.2 Å². The maximum Gasteiger partial charge on any atom is 0.416 e. The van der Waals surface area contributed by atoms with Crippen molar-refractivity contribution in [2.24, 2.45) is 4.99 Å². The van der Waals surface area contributed by atoms with E-state index in [2.05, 4.69) is 10.9 Å². The molecule has 1 heterocycles. The number of methoxy groups -OCH3 is 2. The second-order valence-corrected chi connectivity index (χ2v) is 6.79. The summed E-state index contributed by atoms with van der Waals surface area (Å²) in [4.78, 5) is 16.9. The van der Waals surface area contributed by atoms with Crippen LogP contribution in [-0.4, -0.2) is 24.7 Å². The smallest absolute Gasteiger partial charge is 0.416 e. The molecular weight excluding hydrogens is 405 g/mol. The lowest BCUT2D eigenvalue weighted by Crippen LogP contribution is -2.17. The predicted octanol–water partition coefficient (Wildman–Crippen LogP) is 4.11. The third-order valence-electron chi connectivity index (χ3n) is 4.10. The summed E-state index contributed by atoms with van der Waals surface area (Å²) >= 11 is 1.17. The average molecular weight is 420 g/mol. The van der Waals surface area contributed by atoms with Gasteiger partial charge in [-0.25, -0.2) is 0 Å². The minimum absolute atomic E-state index is 0.0293. The number of halogens is 3. The highest BCUT2D eigenvalue weighted by molar-refractivity contribution is 7.16. The summed E-state index contributed by atoms with van der Waals surface area (Å²) in [5.74, 6) is 2.90. The van der Waals surface area contributed by atoms with E-state index < -0.39 is 17.6 Å². The van der Waals surface area contributed by atoms with Gasteiger partial charge in [0.05, 0.1) is 26.3 Å². The molecule has 150 valence electrons. The summed E-state index contributed by atoms with van der Waals surface area (Å²) in [5.41, 5.74) is -0.191. The van der Waals surface area contributed by atoms with E-state index >= 15 is 0 Å². The van der Waals surface area contributed by atoms with Crippen LogP contribution in [0, 0.1) is 12.3 Å². The van der Waals surface area contributed by atoms with Gasteiger partial charge in [-0.1, -0.05) is 17.3 Å². The van der Waals surface area contributed by atoms with Crippen molar-refractivity contribution in [1.82, 2.24) is 4.57 Å². The Kier molecular flexibility index (Phi) is 5.66. The van der Waals surface area contributed by atoms with E-state index in [0.717, 1.165) is 24.3 Å². The van der Waals surface area contributed by atoms with Gasteiger partial charge in [0, 0.05) is 5.56 Å². The van der Waals surface area contributed by atoms with Gasteiger partial charge in [0.15, 0.2) is 4.80 Å². The highest BCUT2D eigenvalue weighted by Gasteiger charge is 2.30. The molecular formula is C20H15F3N2O3S. The summed E-state index contributed by atoms with van der Waals surface area (Å²) in [6, 6.07) is 7.30. The Bertz CT molecular complexity index is 1170. The number of carbonyl (C=O) groups is 1. The fourth-order valence-electron chi connectivity index (χ4n) is 2.73. The van der Waals surface area contributed by atoms with Crippen molar-refractivity contribution in [3.63, 3.8) is 0 Å². The monoisotopic (exact) mass is 420 g/mol. The lowest BCUT2D eigenvalue weighted by Gasteiger charge is -2.08. The number of benzene rings is 2. The SMILES string of the molecule is C#CCn1c(=NC(=O)c2ccc(C(F)(F)F)cc2)sc2c(OC)ccc(OC)c21. The first-order valence-corrected chi connectivity index (χ1v) is 9.06. The number of rotatable bonds is 4. The van der Waals surface area contributed by atoms with Gasteiger partial charge in [-0.15, -0.1) is 6.42 Å². The molecule has 0 bridgehead atoms. The highest BCUT2D eigenvalue weighted by atomic mass is 32.1. The molecule has 0 radical (unpaired) electrons. The van der Waals surface area contributed by atoms with Crippen molar-refractivity contribution < 1.29 is 27.4 Å². The zero-order valence-electron chi connectivity index (χ0n) is 15.4. The molecule has 0 aliphatic rings. The van der Waals surface area contributed by atoms with Crippen LogP contribution in [0.4, 0.5) is 13.2 Å². The van der Waals surface area contributed by atoms with Crippen molar-refractivity contribution in [2.75, 3.05) is 14.2 Å². The molecule has 0 fully saturated rings. The van der Waals surface area contributed by atoms with Crippen LogP contribution in [0.3, 0.4) is 0 Å². The molecule has 0 saturated carbocycles. The molecule has 2 aromatic carbocycles. The summed E-state index contributed by atoms with van der Waals surface area (Å²) in [7, 11) is 3.01. The molecule has 9 heteroatoms. The van der Waals surface area contributed by atoms with Crippen molar-refractivity contribution in [3.05, 3.63) is 52.3 Å². The molecule has 0 saturated heterocycles. The van der Waals surface area contributed by atoms with E-state index in [1.54, 1.807) is 16.7 Å². The van der Waals surface area contributed by atoms with Crippen molar-refractivity contribution in [3.8, 4) is 23.8 Å². The third kappa shape index (κ3) is 3.98. The van der Waals surface area contributed by atoms with Crippen LogP contribution in [0.15, 0.2) is 41.4 Å². The van der Waals surface area contributed by atoms with Crippen LogP contribution < -0.4 is 14.3 Å². The molecule has 3 rings (SSSR count). The van der Waals surface area contributed by atoms with E-state index in [9.17, 15) is 18.0 Å². The molecule has 1 aromatic heterocycles. The zero-order chi connectivity index (χ0) is 21.2. The van der Waals surface area contributed by atoms with E-state index in [0.29, 0.717) is 21.7 Å². The second-order valence-electron chi connectivity index (χ2n) is 5.81. The van der Waals surface area contributed by atoms with Crippen LogP contribution in [-0.2, 0) is 12.7 Å². The minimum atomic E-state index is -4.48. The van der Waals surface area contributed by atoms with Crippen LogP contribution >= 0.6 is 11.3 Å². The summed E-state index contributed by atoms with van der Waals surface area (Å²) in [6.07, 6.45) is 0.991. The number of carbonyl (C=O) groups excluding carboxylic acids is 1. The number of thiazole rings is 1. The Morgan fingerprint density at radius 2 is 1.76 bits per heavy atom. The second kappa shape index (κ2) is 8.01. The Morgan fingerprint density at radius 3 is 2.31 bits per heavy atom. The van der Waals surface area contributed by atoms with Crippen LogP contribution in [0.2, 0.25) is 0 Å². The van der Waals surface area contributed by atoms with Gasteiger partial charge >= 0.3 is 6.18 Å². The van der Waals surface area contributed by atoms with Crippen molar-refractivity contribution in [1.29, 1.82) is 0 Å². The summed E-state index contributed by atoms with van der Waals surface area (Å²) in [5, 5.41) is 0. The molecule has 29 heavy (non-hydrogen) atoms. The molecule has 3 aromatic rings. The molecule has 0 atom stereocenters. The van der Waals surface area contributed by atoms with Gasteiger partial charge < -0.3 is 14.0 Å². The number of aromatic nitrogens is 1.